The Morgan fingerprint density at radius 3 is 1.42 bits per heavy atom. The Morgan fingerprint density at radius 2 is 1.17 bits per heavy atom. The smallest absolute Gasteiger partial charge is 0.129 e. The first-order valence-corrected chi connectivity index (χ1v) is 4.03. The fraction of sp³-hybridized carbons (Fsp3) is 0.400. The lowest BCUT2D eigenvalue weighted by Crippen LogP contribution is -1.88. The van der Waals surface area contributed by atoms with Crippen LogP contribution in [-0.4, -0.2) is 0 Å². The van der Waals surface area contributed by atoms with Crippen molar-refractivity contribution < 1.29 is 8.78 Å². The molecule has 12 heavy (non-hydrogen) atoms. The quantitative estimate of drug-likeness (QED) is 0.560. The summed E-state index contributed by atoms with van der Waals surface area (Å²) in [6, 6.07) is 2.40. The molecule has 0 amide bonds. The molecule has 0 aliphatic rings. The van der Waals surface area contributed by atoms with Gasteiger partial charge in [-0.1, -0.05) is 19.9 Å². The zero-order valence-corrected chi connectivity index (χ0v) is 7.91. The molecule has 0 spiro atoms. The molecule has 2 heteroatoms. The van der Waals surface area contributed by atoms with Gasteiger partial charge >= 0.3 is 0 Å². The standard InChI is InChI=1S/C8H8F2.C2H6/c1-5-3-6(2)8(10)4-7(5)9;1-2/h3-4H,1-2H3;1-2H3. The molecule has 0 nitrogen and oxygen atoms in total. The lowest BCUT2D eigenvalue weighted by atomic mass is 10.1. The van der Waals surface area contributed by atoms with E-state index in [1.807, 2.05) is 13.8 Å². The summed E-state index contributed by atoms with van der Waals surface area (Å²) in [5, 5.41) is 0. The molecule has 0 radical (unpaired) electrons. The summed E-state index contributed by atoms with van der Waals surface area (Å²) < 4.78 is 25.0. The SMILES string of the molecule is CC.Cc1cc(C)c(F)cc1F. The molecule has 0 atom stereocenters. The topological polar surface area (TPSA) is 0 Å². The highest BCUT2D eigenvalue weighted by atomic mass is 19.1. The van der Waals surface area contributed by atoms with Crippen molar-refractivity contribution in [2.24, 2.45) is 0 Å². The Labute approximate surface area is 72.2 Å². The Balaban J connectivity index is 0.000000561. The molecular weight excluding hydrogens is 158 g/mol. The van der Waals surface area contributed by atoms with Gasteiger partial charge in [0.1, 0.15) is 11.6 Å². The molecule has 0 fully saturated rings. The Kier molecular flexibility index (Phi) is 4.49. The van der Waals surface area contributed by atoms with Crippen LogP contribution in [-0.2, 0) is 0 Å². The average molecular weight is 172 g/mol. The van der Waals surface area contributed by atoms with Crippen molar-refractivity contribution in [1.82, 2.24) is 0 Å². The molecule has 0 aliphatic carbocycles. The largest absolute Gasteiger partial charge is 0.207 e. The molecule has 1 aromatic rings. The van der Waals surface area contributed by atoms with Gasteiger partial charge in [-0.3, -0.25) is 0 Å². The maximum atomic E-state index is 12.5. The molecule has 0 aliphatic heterocycles. The number of hydrogen-bond acceptors (Lipinski definition) is 0. The third-order valence-electron chi connectivity index (χ3n) is 1.44. The predicted octanol–water partition coefficient (Wildman–Crippen LogP) is 3.61. The van der Waals surface area contributed by atoms with Crippen molar-refractivity contribution in [2.45, 2.75) is 27.7 Å². The van der Waals surface area contributed by atoms with E-state index in [-0.39, 0.29) is 0 Å². The summed E-state index contributed by atoms with van der Waals surface area (Å²) in [7, 11) is 0. The molecule has 0 bridgehead atoms. The highest BCUT2D eigenvalue weighted by Gasteiger charge is 2.01. The van der Waals surface area contributed by atoms with Gasteiger partial charge in [0.2, 0.25) is 0 Å². The van der Waals surface area contributed by atoms with Gasteiger partial charge in [-0.05, 0) is 25.0 Å². The maximum absolute atomic E-state index is 12.5. The molecule has 0 saturated carbocycles. The molecule has 0 heterocycles. The number of rotatable bonds is 0. The molecule has 0 aromatic heterocycles. The third-order valence-corrected chi connectivity index (χ3v) is 1.44. The van der Waals surface area contributed by atoms with Gasteiger partial charge in [-0.2, -0.15) is 0 Å². The van der Waals surface area contributed by atoms with Crippen LogP contribution >= 0.6 is 0 Å². The van der Waals surface area contributed by atoms with Crippen molar-refractivity contribution in [3.63, 3.8) is 0 Å². The molecule has 0 N–H and O–H groups in total. The van der Waals surface area contributed by atoms with Crippen LogP contribution in [0.2, 0.25) is 0 Å². The van der Waals surface area contributed by atoms with Crippen LogP contribution < -0.4 is 0 Å². The van der Waals surface area contributed by atoms with E-state index in [0.29, 0.717) is 11.1 Å². The van der Waals surface area contributed by atoms with Crippen molar-refractivity contribution in [2.75, 3.05) is 0 Å². The van der Waals surface area contributed by atoms with E-state index >= 15 is 0 Å². The van der Waals surface area contributed by atoms with Crippen LogP contribution in [0, 0.1) is 25.5 Å². The lowest BCUT2D eigenvalue weighted by molar-refractivity contribution is 0.572. The van der Waals surface area contributed by atoms with Crippen molar-refractivity contribution in [1.29, 1.82) is 0 Å². The van der Waals surface area contributed by atoms with E-state index < -0.39 is 11.6 Å². The molecule has 0 unspecified atom stereocenters. The van der Waals surface area contributed by atoms with Crippen LogP contribution in [0.25, 0.3) is 0 Å². The molecule has 1 aromatic carbocycles. The van der Waals surface area contributed by atoms with Gasteiger partial charge in [-0.15, -0.1) is 0 Å². The minimum Gasteiger partial charge on any atom is -0.207 e. The summed E-state index contributed by atoms with van der Waals surface area (Å²) >= 11 is 0. The number of halogens is 2. The van der Waals surface area contributed by atoms with Gasteiger partial charge in [0.25, 0.3) is 0 Å². The van der Waals surface area contributed by atoms with Crippen LogP contribution in [0.4, 0.5) is 8.78 Å². The zero-order chi connectivity index (χ0) is 9.72. The number of hydrogen-bond donors (Lipinski definition) is 0. The van der Waals surface area contributed by atoms with Crippen LogP contribution in [0.5, 0.6) is 0 Å². The number of aryl methyl sites for hydroxylation is 2. The summed E-state index contributed by atoms with van der Waals surface area (Å²) in [6.45, 7) is 7.23. The van der Waals surface area contributed by atoms with E-state index in [0.717, 1.165) is 6.07 Å². The summed E-state index contributed by atoms with van der Waals surface area (Å²) in [6.07, 6.45) is 0. The van der Waals surface area contributed by atoms with Crippen molar-refractivity contribution in [3.05, 3.63) is 34.9 Å². The highest BCUT2D eigenvalue weighted by molar-refractivity contribution is 5.24. The summed E-state index contributed by atoms with van der Waals surface area (Å²) in [5.74, 6) is -0.966. The predicted molar refractivity (Wildman–Crippen MR) is 47.2 cm³/mol. The monoisotopic (exact) mass is 172 g/mol. The summed E-state index contributed by atoms with van der Waals surface area (Å²) in [4.78, 5) is 0. The van der Waals surface area contributed by atoms with E-state index in [1.165, 1.54) is 6.07 Å². The number of benzene rings is 1. The molecular formula is C10H14F2. The van der Waals surface area contributed by atoms with Crippen molar-refractivity contribution >= 4 is 0 Å². The average Bonchev–Trinajstić information content (AvgIpc) is 2.05. The van der Waals surface area contributed by atoms with Gasteiger partial charge in [0.05, 0.1) is 0 Å². The van der Waals surface area contributed by atoms with Gasteiger partial charge < -0.3 is 0 Å². The second-order valence-corrected chi connectivity index (χ2v) is 2.35. The van der Waals surface area contributed by atoms with E-state index in [4.69, 9.17) is 0 Å². The Morgan fingerprint density at radius 1 is 0.833 bits per heavy atom. The van der Waals surface area contributed by atoms with Crippen molar-refractivity contribution in [3.8, 4) is 0 Å². The maximum Gasteiger partial charge on any atom is 0.129 e. The van der Waals surface area contributed by atoms with Crippen LogP contribution in [0.15, 0.2) is 12.1 Å². The van der Waals surface area contributed by atoms with E-state index in [9.17, 15) is 8.78 Å². The minimum atomic E-state index is -0.483. The first-order valence-electron chi connectivity index (χ1n) is 4.03. The minimum absolute atomic E-state index is 0.483. The van der Waals surface area contributed by atoms with Gasteiger partial charge in [-0.25, -0.2) is 8.78 Å². The third kappa shape index (κ3) is 2.61. The van der Waals surface area contributed by atoms with E-state index in [1.54, 1.807) is 13.8 Å². The first-order chi connectivity index (χ1) is 5.61. The van der Waals surface area contributed by atoms with Crippen LogP contribution in [0.3, 0.4) is 0 Å². The highest BCUT2D eigenvalue weighted by Crippen LogP contribution is 2.12. The molecule has 1 rings (SSSR count). The Hall–Kier alpha value is -0.920. The fourth-order valence-corrected chi connectivity index (χ4v) is 0.802. The normalized spacial score (nSPS) is 8.83. The lowest BCUT2D eigenvalue weighted by Gasteiger charge is -1.98. The second kappa shape index (κ2) is 4.86. The molecule has 68 valence electrons. The second-order valence-electron chi connectivity index (χ2n) is 2.35. The van der Waals surface area contributed by atoms with Crippen LogP contribution in [0.1, 0.15) is 25.0 Å². The first kappa shape index (κ1) is 11.1. The summed E-state index contributed by atoms with van der Waals surface area (Å²) in [5.41, 5.74) is 0.970. The van der Waals surface area contributed by atoms with Gasteiger partial charge in [0, 0.05) is 6.07 Å². The Bertz CT molecular complexity index is 204. The van der Waals surface area contributed by atoms with Gasteiger partial charge in [0.15, 0.2) is 0 Å². The van der Waals surface area contributed by atoms with E-state index in [2.05, 4.69) is 0 Å². The zero-order valence-electron chi connectivity index (χ0n) is 7.91. The molecule has 0 saturated heterocycles. The fourth-order valence-electron chi connectivity index (χ4n) is 0.802.